The number of piperazine rings is 1. The molecule has 0 spiro atoms. The van der Waals surface area contributed by atoms with E-state index in [1.807, 2.05) is 41.3 Å². The van der Waals surface area contributed by atoms with Crippen LogP contribution in [-0.2, 0) is 16.1 Å². The summed E-state index contributed by atoms with van der Waals surface area (Å²) in [6, 6.07) is 8.06. The highest BCUT2D eigenvalue weighted by Crippen LogP contribution is 2.25. The summed E-state index contributed by atoms with van der Waals surface area (Å²) in [5.41, 5.74) is 2.37. The molecule has 1 aromatic carbocycles. The van der Waals surface area contributed by atoms with Gasteiger partial charge in [0.15, 0.2) is 0 Å². The van der Waals surface area contributed by atoms with Crippen molar-refractivity contribution in [3.63, 3.8) is 0 Å². The molecule has 1 atom stereocenters. The molecular formula is C22H23N3O3. The van der Waals surface area contributed by atoms with E-state index in [4.69, 9.17) is 4.74 Å². The molecule has 1 aliphatic carbocycles. The van der Waals surface area contributed by atoms with Crippen LogP contribution in [0.5, 0.6) is 5.75 Å². The molecule has 0 radical (unpaired) electrons. The summed E-state index contributed by atoms with van der Waals surface area (Å²) in [7, 11) is 1.67. The minimum atomic E-state index is -0.355. The average Bonchev–Trinajstić information content (AvgIpc) is 2.73. The van der Waals surface area contributed by atoms with E-state index in [0.29, 0.717) is 24.4 Å². The van der Waals surface area contributed by atoms with Crippen LogP contribution < -0.4 is 4.74 Å². The van der Waals surface area contributed by atoms with E-state index in [9.17, 15) is 9.59 Å². The van der Waals surface area contributed by atoms with Gasteiger partial charge in [0.25, 0.3) is 11.8 Å². The van der Waals surface area contributed by atoms with E-state index in [1.165, 1.54) is 11.6 Å². The minimum absolute atomic E-state index is 0.0632. The van der Waals surface area contributed by atoms with Crippen molar-refractivity contribution in [3.05, 3.63) is 65.8 Å². The number of carbonyl (C=O) groups is 2. The fraction of sp³-hybridized carbons (Fsp3) is 0.318. The fourth-order valence-corrected chi connectivity index (χ4v) is 3.80. The number of fused-ring (bicyclic) bond motifs is 1. The normalized spacial score (nSPS) is 21.8. The summed E-state index contributed by atoms with van der Waals surface area (Å²) >= 11 is 0. The Morgan fingerprint density at radius 2 is 2.04 bits per heavy atom. The lowest BCUT2D eigenvalue weighted by Gasteiger charge is -2.36. The standard InChI is InChI=1S/C22H23N3O3/c1-28-17-6-4-5-16(13-17)15-24-9-11-25(12-10-24)22(27)19-14-21(26)23-20-8-3-2-7-18(19)20/h2-8,13-14,18H,9-12,15H2,1H3. The van der Waals surface area contributed by atoms with E-state index in [2.05, 4.69) is 16.0 Å². The highest BCUT2D eigenvalue weighted by molar-refractivity contribution is 6.18. The number of benzene rings is 1. The van der Waals surface area contributed by atoms with Gasteiger partial charge >= 0.3 is 0 Å². The number of ether oxygens (including phenoxy) is 1. The summed E-state index contributed by atoms with van der Waals surface area (Å²) in [5, 5.41) is 0. The van der Waals surface area contributed by atoms with Gasteiger partial charge in [-0.05, 0) is 23.8 Å². The van der Waals surface area contributed by atoms with Crippen molar-refractivity contribution in [1.82, 2.24) is 9.80 Å². The van der Waals surface area contributed by atoms with Gasteiger partial charge in [0.1, 0.15) is 5.75 Å². The maximum Gasteiger partial charge on any atom is 0.270 e. The van der Waals surface area contributed by atoms with E-state index < -0.39 is 0 Å². The largest absolute Gasteiger partial charge is 0.497 e. The molecule has 6 heteroatoms. The number of allylic oxidation sites excluding steroid dienone is 4. The highest BCUT2D eigenvalue weighted by Gasteiger charge is 2.32. The Balaban J connectivity index is 1.38. The monoisotopic (exact) mass is 377 g/mol. The number of methoxy groups -OCH3 is 1. The Morgan fingerprint density at radius 3 is 2.82 bits per heavy atom. The average molecular weight is 377 g/mol. The smallest absolute Gasteiger partial charge is 0.270 e. The summed E-state index contributed by atoms with van der Waals surface area (Å²) in [4.78, 5) is 33.2. The second kappa shape index (κ2) is 7.94. The number of rotatable bonds is 4. The van der Waals surface area contributed by atoms with Crippen molar-refractivity contribution in [2.75, 3.05) is 33.3 Å². The van der Waals surface area contributed by atoms with Crippen LogP contribution in [0.25, 0.3) is 0 Å². The fourth-order valence-electron chi connectivity index (χ4n) is 3.80. The Bertz CT molecular complexity index is 905. The van der Waals surface area contributed by atoms with Crippen LogP contribution in [0.1, 0.15) is 5.56 Å². The molecule has 6 nitrogen and oxygen atoms in total. The number of aliphatic imine (C=N–C) groups is 1. The van der Waals surface area contributed by atoms with Crippen molar-refractivity contribution in [3.8, 4) is 5.75 Å². The molecule has 2 amide bonds. The zero-order valence-electron chi connectivity index (χ0n) is 15.9. The lowest BCUT2D eigenvalue weighted by atomic mass is 9.87. The third-order valence-electron chi connectivity index (χ3n) is 5.30. The van der Waals surface area contributed by atoms with Crippen LogP contribution >= 0.6 is 0 Å². The number of amides is 2. The molecule has 1 fully saturated rings. The Hall–Kier alpha value is -2.99. The molecule has 2 heterocycles. The van der Waals surface area contributed by atoms with Crippen LogP contribution in [0.4, 0.5) is 0 Å². The Morgan fingerprint density at radius 1 is 1.21 bits per heavy atom. The Labute approximate surface area is 164 Å². The summed E-state index contributed by atoms with van der Waals surface area (Å²) in [5.74, 6) is 0.218. The predicted octanol–water partition coefficient (Wildman–Crippen LogP) is 1.99. The molecule has 2 aliphatic heterocycles. The molecule has 28 heavy (non-hydrogen) atoms. The van der Waals surface area contributed by atoms with Gasteiger partial charge in [0.2, 0.25) is 0 Å². The third-order valence-corrected chi connectivity index (χ3v) is 5.30. The van der Waals surface area contributed by atoms with Crippen molar-refractivity contribution in [2.24, 2.45) is 10.9 Å². The van der Waals surface area contributed by atoms with Crippen LogP contribution in [-0.4, -0.2) is 60.6 Å². The van der Waals surface area contributed by atoms with Crippen molar-refractivity contribution in [2.45, 2.75) is 6.54 Å². The first-order valence-electron chi connectivity index (χ1n) is 9.47. The van der Waals surface area contributed by atoms with E-state index in [0.717, 1.165) is 25.4 Å². The zero-order chi connectivity index (χ0) is 19.5. The molecule has 1 unspecified atom stereocenters. The molecule has 0 bridgehead atoms. The number of carbonyl (C=O) groups excluding carboxylic acids is 2. The quantitative estimate of drug-likeness (QED) is 0.805. The number of hydrogen-bond acceptors (Lipinski definition) is 4. The SMILES string of the molecule is COc1cccc(CN2CCN(C(=O)C3=CC(=O)N=C4C=CC=CC34)CC2)c1. The predicted molar refractivity (Wildman–Crippen MR) is 107 cm³/mol. The first-order chi connectivity index (χ1) is 13.6. The summed E-state index contributed by atoms with van der Waals surface area (Å²) in [6.07, 6.45) is 8.85. The zero-order valence-corrected chi connectivity index (χ0v) is 15.9. The summed E-state index contributed by atoms with van der Waals surface area (Å²) in [6.45, 7) is 3.71. The van der Waals surface area contributed by atoms with Crippen molar-refractivity contribution in [1.29, 1.82) is 0 Å². The van der Waals surface area contributed by atoms with Gasteiger partial charge in [-0.1, -0.05) is 30.4 Å². The molecule has 4 rings (SSSR count). The number of nitrogens with zero attached hydrogens (tertiary/aromatic N) is 3. The van der Waals surface area contributed by atoms with Crippen LogP contribution in [0.2, 0.25) is 0 Å². The first-order valence-corrected chi connectivity index (χ1v) is 9.47. The molecule has 0 saturated carbocycles. The van der Waals surface area contributed by atoms with Crippen LogP contribution in [0.15, 0.2) is 65.2 Å². The van der Waals surface area contributed by atoms with Crippen LogP contribution in [0, 0.1) is 5.92 Å². The first kappa shape index (κ1) is 18.4. The second-order valence-electron chi connectivity index (χ2n) is 7.12. The number of dihydropyridines is 1. The van der Waals surface area contributed by atoms with E-state index >= 15 is 0 Å². The topological polar surface area (TPSA) is 62.2 Å². The molecule has 1 saturated heterocycles. The maximum atomic E-state index is 13.1. The number of hydrogen-bond donors (Lipinski definition) is 0. The second-order valence-corrected chi connectivity index (χ2v) is 7.12. The van der Waals surface area contributed by atoms with Gasteiger partial charge in [0.05, 0.1) is 18.7 Å². The van der Waals surface area contributed by atoms with Gasteiger partial charge in [0, 0.05) is 44.4 Å². The van der Waals surface area contributed by atoms with Crippen LogP contribution in [0.3, 0.4) is 0 Å². The molecular weight excluding hydrogens is 354 g/mol. The van der Waals surface area contributed by atoms with Crippen molar-refractivity contribution < 1.29 is 14.3 Å². The van der Waals surface area contributed by atoms with Gasteiger partial charge in [-0.25, -0.2) is 4.99 Å². The minimum Gasteiger partial charge on any atom is -0.497 e. The molecule has 0 aromatic heterocycles. The molecule has 3 aliphatic rings. The third kappa shape index (κ3) is 3.82. The molecule has 0 N–H and O–H groups in total. The van der Waals surface area contributed by atoms with E-state index in [-0.39, 0.29) is 17.7 Å². The van der Waals surface area contributed by atoms with E-state index in [1.54, 1.807) is 13.2 Å². The molecule has 144 valence electrons. The summed E-state index contributed by atoms with van der Waals surface area (Å²) < 4.78 is 5.29. The van der Waals surface area contributed by atoms with Crippen molar-refractivity contribution >= 4 is 17.5 Å². The molecule has 1 aromatic rings. The van der Waals surface area contributed by atoms with Gasteiger partial charge in [-0.2, -0.15) is 0 Å². The van der Waals surface area contributed by atoms with Gasteiger partial charge in [-0.3, -0.25) is 14.5 Å². The lowest BCUT2D eigenvalue weighted by molar-refractivity contribution is -0.129. The van der Waals surface area contributed by atoms with Gasteiger partial charge in [-0.15, -0.1) is 0 Å². The maximum absolute atomic E-state index is 13.1. The Kier molecular flexibility index (Phi) is 5.21. The van der Waals surface area contributed by atoms with Gasteiger partial charge < -0.3 is 9.64 Å². The lowest BCUT2D eigenvalue weighted by Crippen LogP contribution is -2.49. The highest BCUT2D eigenvalue weighted by atomic mass is 16.5.